The molecule has 1 atom stereocenters. The van der Waals surface area contributed by atoms with Gasteiger partial charge < -0.3 is 9.47 Å². The average Bonchev–Trinajstić information content (AvgIpc) is 2.38. The van der Waals surface area contributed by atoms with Gasteiger partial charge in [0.2, 0.25) is 0 Å². The zero-order chi connectivity index (χ0) is 12.7. The van der Waals surface area contributed by atoms with E-state index in [1.165, 1.54) is 3.57 Å². The number of rotatable bonds is 2. The van der Waals surface area contributed by atoms with Crippen molar-refractivity contribution in [3.8, 4) is 5.75 Å². The van der Waals surface area contributed by atoms with Crippen molar-refractivity contribution < 1.29 is 9.47 Å². The van der Waals surface area contributed by atoms with Gasteiger partial charge in [-0.3, -0.25) is 0 Å². The monoisotopic (exact) mass is 346 g/mol. The molecule has 0 saturated carbocycles. The molecule has 0 amide bonds. The summed E-state index contributed by atoms with van der Waals surface area (Å²) in [5.74, 6) is 0.921. The molecule has 1 aromatic carbocycles. The van der Waals surface area contributed by atoms with Crippen molar-refractivity contribution in [1.29, 1.82) is 0 Å². The second-order valence-electron chi connectivity index (χ2n) is 5.73. The smallest absolute Gasteiger partial charge is 0.130 e. The van der Waals surface area contributed by atoms with E-state index in [-0.39, 0.29) is 17.3 Å². The highest BCUT2D eigenvalue weighted by Crippen LogP contribution is 2.39. The lowest BCUT2D eigenvalue weighted by Crippen LogP contribution is -2.36. The van der Waals surface area contributed by atoms with E-state index in [0.29, 0.717) is 0 Å². The summed E-state index contributed by atoms with van der Waals surface area (Å²) in [5.41, 5.74) is -0.329. The Bertz CT molecular complexity index is 395. The maximum Gasteiger partial charge on any atom is 0.130 e. The molecular formula is C14H19IO2. The van der Waals surface area contributed by atoms with E-state index in [0.717, 1.165) is 12.2 Å². The molecule has 0 aliphatic carbocycles. The highest BCUT2D eigenvalue weighted by atomic mass is 127. The Morgan fingerprint density at radius 3 is 2.24 bits per heavy atom. The quantitative estimate of drug-likeness (QED) is 0.754. The van der Waals surface area contributed by atoms with Crippen LogP contribution < -0.4 is 4.74 Å². The second-order valence-corrected chi connectivity index (χ2v) is 6.98. The maximum absolute atomic E-state index is 6.05. The predicted molar refractivity (Wildman–Crippen MR) is 77.4 cm³/mol. The van der Waals surface area contributed by atoms with Gasteiger partial charge in [0.15, 0.2) is 0 Å². The van der Waals surface area contributed by atoms with Crippen LogP contribution >= 0.6 is 22.6 Å². The van der Waals surface area contributed by atoms with Gasteiger partial charge in [-0.25, -0.2) is 0 Å². The van der Waals surface area contributed by atoms with E-state index in [1.807, 2.05) is 12.1 Å². The van der Waals surface area contributed by atoms with Crippen molar-refractivity contribution >= 4 is 22.6 Å². The molecular weight excluding hydrogens is 327 g/mol. The van der Waals surface area contributed by atoms with E-state index in [1.54, 1.807) is 0 Å². The summed E-state index contributed by atoms with van der Waals surface area (Å²) >= 11 is 2.29. The molecule has 0 N–H and O–H groups in total. The molecule has 2 rings (SSSR count). The normalized spacial score (nSPS) is 25.8. The van der Waals surface area contributed by atoms with Crippen molar-refractivity contribution in [3.05, 3.63) is 27.8 Å². The minimum atomic E-state index is -0.230. The first kappa shape index (κ1) is 13.1. The number of benzene rings is 1. The fourth-order valence-corrected chi connectivity index (χ4v) is 2.73. The van der Waals surface area contributed by atoms with Gasteiger partial charge in [-0.1, -0.05) is 0 Å². The van der Waals surface area contributed by atoms with Gasteiger partial charge in [0.05, 0.1) is 5.60 Å². The largest absolute Gasteiger partial charge is 0.487 e. The van der Waals surface area contributed by atoms with E-state index in [4.69, 9.17) is 9.47 Å². The lowest BCUT2D eigenvalue weighted by atomic mass is 9.97. The second kappa shape index (κ2) is 4.43. The molecule has 2 nitrogen and oxygen atoms in total. The molecule has 1 aromatic rings. The third-order valence-corrected chi connectivity index (χ3v) is 3.80. The molecule has 1 aliphatic rings. The highest BCUT2D eigenvalue weighted by molar-refractivity contribution is 14.1. The molecule has 3 heteroatoms. The van der Waals surface area contributed by atoms with Crippen molar-refractivity contribution in [2.75, 3.05) is 0 Å². The van der Waals surface area contributed by atoms with Crippen LogP contribution in [0.2, 0.25) is 0 Å². The van der Waals surface area contributed by atoms with Crippen LogP contribution in [0.5, 0.6) is 5.75 Å². The van der Waals surface area contributed by atoms with Crippen LogP contribution in [0, 0.1) is 3.57 Å². The van der Waals surface area contributed by atoms with Gasteiger partial charge in [-0.15, -0.1) is 0 Å². The molecule has 1 saturated heterocycles. The van der Waals surface area contributed by atoms with E-state index in [2.05, 4.69) is 62.4 Å². The average molecular weight is 346 g/mol. The van der Waals surface area contributed by atoms with Gasteiger partial charge in [0, 0.05) is 9.99 Å². The Morgan fingerprint density at radius 2 is 1.76 bits per heavy atom. The van der Waals surface area contributed by atoms with Gasteiger partial charge >= 0.3 is 0 Å². The molecule has 1 heterocycles. The Labute approximate surface area is 117 Å². The predicted octanol–water partition coefficient (Wildman–Crippen LogP) is 4.02. The molecule has 0 bridgehead atoms. The Morgan fingerprint density at radius 1 is 1.18 bits per heavy atom. The highest BCUT2D eigenvalue weighted by Gasteiger charge is 2.47. The number of hydrogen-bond acceptors (Lipinski definition) is 2. The van der Waals surface area contributed by atoms with Gasteiger partial charge in [0.1, 0.15) is 17.5 Å². The van der Waals surface area contributed by atoms with E-state index < -0.39 is 0 Å². The third kappa shape index (κ3) is 3.13. The summed E-state index contributed by atoms with van der Waals surface area (Å²) in [5, 5.41) is 0. The summed E-state index contributed by atoms with van der Waals surface area (Å²) in [4.78, 5) is 0. The maximum atomic E-state index is 6.05. The van der Waals surface area contributed by atoms with Crippen LogP contribution in [0.1, 0.15) is 34.1 Å². The summed E-state index contributed by atoms with van der Waals surface area (Å²) in [6, 6.07) is 8.15. The van der Waals surface area contributed by atoms with Crippen molar-refractivity contribution in [3.63, 3.8) is 0 Å². The minimum absolute atomic E-state index is 0.0998. The lowest BCUT2D eigenvalue weighted by Gasteiger charge is -2.27. The SMILES string of the molecule is CC1(C)CC(Oc2ccc(I)cc2)C(C)(C)O1. The van der Waals surface area contributed by atoms with Crippen molar-refractivity contribution in [2.24, 2.45) is 0 Å². The van der Waals surface area contributed by atoms with Crippen LogP contribution in [0.3, 0.4) is 0 Å². The van der Waals surface area contributed by atoms with Gasteiger partial charge in [-0.05, 0) is 74.6 Å². The Kier molecular flexibility index (Phi) is 3.42. The van der Waals surface area contributed by atoms with Gasteiger partial charge in [-0.2, -0.15) is 0 Å². The molecule has 17 heavy (non-hydrogen) atoms. The summed E-state index contributed by atoms with van der Waals surface area (Å²) < 4.78 is 13.3. The molecule has 0 radical (unpaired) electrons. The number of ether oxygens (including phenoxy) is 2. The third-order valence-electron chi connectivity index (χ3n) is 3.08. The first-order chi connectivity index (χ1) is 7.78. The number of hydrogen-bond donors (Lipinski definition) is 0. The summed E-state index contributed by atoms with van der Waals surface area (Å²) in [7, 11) is 0. The zero-order valence-electron chi connectivity index (χ0n) is 10.8. The molecule has 1 aliphatic heterocycles. The van der Waals surface area contributed by atoms with Gasteiger partial charge in [0.25, 0.3) is 0 Å². The number of halogens is 1. The van der Waals surface area contributed by atoms with Crippen molar-refractivity contribution in [2.45, 2.75) is 51.4 Å². The van der Waals surface area contributed by atoms with Crippen LogP contribution in [-0.4, -0.2) is 17.3 Å². The standard InChI is InChI=1S/C14H19IO2/c1-13(2)9-12(14(3,4)17-13)16-11-7-5-10(15)6-8-11/h5-8,12H,9H2,1-4H3. The lowest BCUT2D eigenvalue weighted by molar-refractivity contribution is -0.0846. The van der Waals surface area contributed by atoms with E-state index >= 15 is 0 Å². The van der Waals surface area contributed by atoms with Crippen LogP contribution in [0.15, 0.2) is 24.3 Å². The molecule has 1 fully saturated rings. The van der Waals surface area contributed by atoms with E-state index in [9.17, 15) is 0 Å². The molecule has 94 valence electrons. The first-order valence-electron chi connectivity index (χ1n) is 5.91. The molecule has 1 unspecified atom stereocenters. The Balaban J connectivity index is 2.11. The summed E-state index contributed by atoms with van der Waals surface area (Å²) in [6.45, 7) is 8.43. The fourth-order valence-electron chi connectivity index (χ4n) is 2.37. The molecule has 0 spiro atoms. The molecule has 0 aromatic heterocycles. The van der Waals surface area contributed by atoms with Crippen LogP contribution in [0.25, 0.3) is 0 Å². The summed E-state index contributed by atoms with van der Waals surface area (Å²) in [6.07, 6.45) is 1.03. The van der Waals surface area contributed by atoms with Crippen molar-refractivity contribution in [1.82, 2.24) is 0 Å². The van der Waals surface area contributed by atoms with Crippen LogP contribution in [0.4, 0.5) is 0 Å². The van der Waals surface area contributed by atoms with Crippen LogP contribution in [-0.2, 0) is 4.74 Å². The topological polar surface area (TPSA) is 18.5 Å². The zero-order valence-corrected chi connectivity index (χ0v) is 12.9. The Hall–Kier alpha value is -0.290. The fraction of sp³-hybridized carbons (Fsp3) is 0.571. The first-order valence-corrected chi connectivity index (χ1v) is 6.99. The minimum Gasteiger partial charge on any atom is -0.487 e.